The molecule has 2 amide bonds. The van der Waals surface area contributed by atoms with Gasteiger partial charge in [-0.2, -0.15) is 0 Å². The Morgan fingerprint density at radius 1 is 1.53 bits per heavy atom. The summed E-state index contributed by atoms with van der Waals surface area (Å²) in [5.41, 5.74) is -1.36. The standard InChI is InChI=1S/C10H14N4O4S/c1-2-6-13-14-9(19-6)11-8(17)12-10(7(15)16)3-4-18-5-10/h2-5H2,1H3,(H,15,16)(H2,11,12,14,17). The average Bonchev–Trinajstić information content (AvgIpc) is 2.98. The molecule has 0 aliphatic carbocycles. The number of amides is 2. The van der Waals surface area contributed by atoms with Crippen molar-refractivity contribution in [3.8, 4) is 0 Å². The second kappa shape index (κ2) is 5.49. The maximum atomic E-state index is 11.8. The number of ether oxygens (including phenoxy) is 1. The van der Waals surface area contributed by atoms with E-state index in [4.69, 9.17) is 4.74 Å². The minimum absolute atomic E-state index is 0.0356. The first-order valence-electron chi connectivity index (χ1n) is 5.78. The normalized spacial score (nSPS) is 22.2. The topological polar surface area (TPSA) is 113 Å². The zero-order chi connectivity index (χ0) is 13.9. The first kappa shape index (κ1) is 13.7. The van der Waals surface area contributed by atoms with Gasteiger partial charge in [0.25, 0.3) is 0 Å². The number of hydrogen-bond donors (Lipinski definition) is 3. The molecule has 1 atom stereocenters. The van der Waals surface area contributed by atoms with Gasteiger partial charge in [0.15, 0.2) is 5.54 Å². The zero-order valence-electron chi connectivity index (χ0n) is 10.3. The van der Waals surface area contributed by atoms with E-state index in [0.29, 0.717) is 11.7 Å². The number of carboxylic acids is 1. The quantitative estimate of drug-likeness (QED) is 0.741. The molecule has 0 radical (unpaired) electrons. The predicted molar refractivity (Wildman–Crippen MR) is 67.2 cm³/mol. The maximum Gasteiger partial charge on any atom is 0.332 e. The SMILES string of the molecule is CCc1nnc(NC(=O)NC2(C(=O)O)CCOC2)s1. The van der Waals surface area contributed by atoms with Crippen LogP contribution in [0.5, 0.6) is 0 Å². The number of hydrogen-bond acceptors (Lipinski definition) is 6. The van der Waals surface area contributed by atoms with Gasteiger partial charge >= 0.3 is 12.0 Å². The van der Waals surface area contributed by atoms with Crippen molar-refractivity contribution in [3.63, 3.8) is 0 Å². The highest BCUT2D eigenvalue weighted by Gasteiger charge is 2.44. The molecule has 2 rings (SSSR count). The Bertz CT molecular complexity index is 484. The molecule has 1 aromatic heterocycles. The Morgan fingerprint density at radius 3 is 2.84 bits per heavy atom. The van der Waals surface area contributed by atoms with Crippen LogP contribution in [0.25, 0.3) is 0 Å². The second-order valence-corrected chi connectivity index (χ2v) is 5.19. The van der Waals surface area contributed by atoms with Crippen LogP contribution >= 0.6 is 11.3 Å². The fourth-order valence-electron chi connectivity index (χ4n) is 1.68. The summed E-state index contributed by atoms with van der Waals surface area (Å²) in [5.74, 6) is -1.10. The van der Waals surface area contributed by atoms with Crippen LogP contribution in [0, 0.1) is 0 Å². The third kappa shape index (κ3) is 2.99. The Hall–Kier alpha value is -1.74. The molecule has 9 heteroatoms. The van der Waals surface area contributed by atoms with Gasteiger partial charge in [-0.25, -0.2) is 9.59 Å². The molecular weight excluding hydrogens is 272 g/mol. The highest BCUT2D eigenvalue weighted by atomic mass is 32.1. The number of urea groups is 1. The van der Waals surface area contributed by atoms with Crippen LogP contribution < -0.4 is 10.6 Å². The van der Waals surface area contributed by atoms with E-state index in [2.05, 4.69) is 20.8 Å². The Morgan fingerprint density at radius 2 is 2.32 bits per heavy atom. The number of carboxylic acid groups (broad SMARTS) is 1. The van der Waals surface area contributed by atoms with Crippen molar-refractivity contribution in [1.29, 1.82) is 0 Å². The summed E-state index contributed by atoms with van der Waals surface area (Å²) >= 11 is 1.25. The monoisotopic (exact) mass is 286 g/mol. The molecule has 0 spiro atoms. The number of carbonyl (C=O) groups is 2. The van der Waals surface area contributed by atoms with E-state index in [0.717, 1.165) is 11.4 Å². The lowest BCUT2D eigenvalue weighted by Gasteiger charge is -2.23. The predicted octanol–water partition coefficient (Wildman–Crippen LogP) is 0.466. The highest BCUT2D eigenvalue weighted by molar-refractivity contribution is 7.15. The van der Waals surface area contributed by atoms with E-state index in [1.165, 1.54) is 11.3 Å². The Balaban J connectivity index is 1.98. The Kier molecular flexibility index (Phi) is 3.96. The lowest BCUT2D eigenvalue weighted by Crippen LogP contribution is -2.56. The molecule has 1 aliphatic rings. The van der Waals surface area contributed by atoms with Crippen molar-refractivity contribution in [1.82, 2.24) is 15.5 Å². The van der Waals surface area contributed by atoms with Crippen LogP contribution in [0.4, 0.5) is 9.93 Å². The number of aryl methyl sites for hydroxylation is 1. The van der Waals surface area contributed by atoms with E-state index in [-0.39, 0.29) is 13.0 Å². The molecule has 1 aliphatic heterocycles. The lowest BCUT2D eigenvalue weighted by atomic mass is 9.99. The summed E-state index contributed by atoms with van der Waals surface area (Å²) < 4.78 is 5.05. The van der Waals surface area contributed by atoms with Gasteiger partial charge in [-0.15, -0.1) is 10.2 Å². The summed E-state index contributed by atoms with van der Waals surface area (Å²) in [6.45, 7) is 2.21. The smallest absolute Gasteiger partial charge is 0.332 e. The van der Waals surface area contributed by atoms with Crippen LogP contribution in [0.2, 0.25) is 0 Å². The molecule has 3 N–H and O–H groups in total. The van der Waals surface area contributed by atoms with Crippen LogP contribution in [-0.2, 0) is 16.0 Å². The number of rotatable bonds is 4. The number of carbonyl (C=O) groups excluding carboxylic acids is 1. The fraction of sp³-hybridized carbons (Fsp3) is 0.600. The van der Waals surface area contributed by atoms with E-state index in [9.17, 15) is 14.7 Å². The number of anilines is 1. The highest BCUT2D eigenvalue weighted by Crippen LogP contribution is 2.20. The van der Waals surface area contributed by atoms with Gasteiger partial charge in [-0.1, -0.05) is 18.3 Å². The second-order valence-electron chi connectivity index (χ2n) is 4.12. The van der Waals surface area contributed by atoms with Gasteiger partial charge in [0.05, 0.1) is 6.61 Å². The van der Waals surface area contributed by atoms with E-state index in [1.807, 2.05) is 6.92 Å². The van der Waals surface area contributed by atoms with Crippen molar-refractivity contribution < 1.29 is 19.4 Å². The average molecular weight is 286 g/mol. The molecule has 104 valence electrons. The van der Waals surface area contributed by atoms with Gasteiger partial charge in [-0.05, 0) is 6.42 Å². The zero-order valence-corrected chi connectivity index (χ0v) is 11.1. The summed E-state index contributed by atoms with van der Waals surface area (Å²) in [7, 11) is 0. The molecular formula is C10H14N4O4S. The fourth-order valence-corrected chi connectivity index (χ4v) is 2.35. The van der Waals surface area contributed by atoms with Gasteiger partial charge in [0.2, 0.25) is 5.13 Å². The molecule has 0 bridgehead atoms. The molecule has 1 saturated heterocycles. The molecule has 1 aromatic rings. The third-order valence-electron chi connectivity index (χ3n) is 2.77. The largest absolute Gasteiger partial charge is 0.479 e. The van der Waals surface area contributed by atoms with Gasteiger partial charge < -0.3 is 15.2 Å². The van der Waals surface area contributed by atoms with E-state index in [1.54, 1.807) is 0 Å². The minimum atomic E-state index is -1.36. The van der Waals surface area contributed by atoms with Crippen LogP contribution in [0.1, 0.15) is 18.4 Å². The number of nitrogens with one attached hydrogen (secondary N) is 2. The summed E-state index contributed by atoms with van der Waals surface area (Å²) in [5, 5.41) is 22.9. The molecule has 0 saturated carbocycles. The molecule has 8 nitrogen and oxygen atoms in total. The van der Waals surface area contributed by atoms with Crippen molar-refractivity contribution in [3.05, 3.63) is 5.01 Å². The third-order valence-corrected chi connectivity index (χ3v) is 3.76. The Labute approximate surface area is 113 Å². The van der Waals surface area contributed by atoms with Gasteiger partial charge in [-0.3, -0.25) is 5.32 Å². The molecule has 2 heterocycles. The summed E-state index contributed by atoms with van der Waals surface area (Å²) in [4.78, 5) is 23.0. The number of aliphatic carboxylic acids is 1. The van der Waals surface area contributed by atoms with Crippen molar-refractivity contribution in [2.75, 3.05) is 18.5 Å². The van der Waals surface area contributed by atoms with Crippen molar-refractivity contribution >= 4 is 28.5 Å². The molecule has 1 unspecified atom stereocenters. The summed E-state index contributed by atoms with van der Waals surface area (Å²) in [6.07, 6.45) is 0.972. The van der Waals surface area contributed by atoms with E-state index >= 15 is 0 Å². The first-order chi connectivity index (χ1) is 9.05. The molecule has 0 aromatic carbocycles. The van der Waals surface area contributed by atoms with Crippen LogP contribution in [-0.4, -0.2) is 46.1 Å². The maximum absolute atomic E-state index is 11.8. The lowest BCUT2D eigenvalue weighted by molar-refractivity contribution is -0.144. The number of nitrogens with zero attached hydrogens (tertiary/aromatic N) is 2. The van der Waals surface area contributed by atoms with Crippen molar-refractivity contribution in [2.24, 2.45) is 0 Å². The van der Waals surface area contributed by atoms with Gasteiger partial charge in [0, 0.05) is 13.0 Å². The van der Waals surface area contributed by atoms with Crippen molar-refractivity contribution in [2.45, 2.75) is 25.3 Å². The van der Waals surface area contributed by atoms with Gasteiger partial charge in [0.1, 0.15) is 5.01 Å². The van der Waals surface area contributed by atoms with E-state index < -0.39 is 17.5 Å². The summed E-state index contributed by atoms with van der Waals surface area (Å²) in [6, 6.07) is -0.619. The molecule has 19 heavy (non-hydrogen) atoms. The number of aromatic nitrogens is 2. The first-order valence-corrected chi connectivity index (χ1v) is 6.60. The van der Waals surface area contributed by atoms with Crippen LogP contribution in [0.15, 0.2) is 0 Å². The van der Waals surface area contributed by atoms with Crippen LogP contribution in [0.3, 0.4) is 0 Å². The minimum Gasteiger partial charge on any atom is -0.479 e. The molecule has 1 fully saturated rings.